The summed E-state index contributed by atoms with van der Waals surface area (Å²) in [5, 5.41) is 6.77. The first-order valence-corrected chi connectivity index (χ1v) is 8.42. The van der Waals surface area contributed by atoms with E-state index in [2.05, 4.69) is 34.5 Å². The van der Waals surface area contributed by atoms with E-state index in [9.17, 15) is 4.39 Å². The van der Waals surface area contributed by atoms with Crippen LogP contribution in [-0.4, -0.2) is 43.7 Å². The van der Waals surface area contributed by atoms with Crippen LogP contribution in [0.3, 0.4) is 0 Å². The Bertz CT molecular complexity index is 523. The molecular formula is C17H29FIN5. The number of nitrogens with one attached hydrogen (secondary N) is 2. The van der Waals surface area contributed by atoms with Crippen molar-refractivity contribution in [2.45, 2.75) is 39.2 Å². The fourth-order valence-corrected chi connectivity index (χ4v) is 2.79. The van der Waals surface area contributed by atoms with Gasteiger partial charge < -0.3 is 15.5 Å². The van der Waals surface area contributed by atoms with Crippen LogP contribution >= 0.6 is 24.0 Å². The molecular weight excluding hydrogens is 420 g/mol. The number of hydrogen-bond donors (Lipinski definition) is 2. The first kappa shape index (κ1) is 20.9. The number of anilines is 1. The lowest BCUT2D eigenvalue weighted by atomic mass is 10.1. The van der Waals surface area contributed by atoms with Crippen LogP contribution in [-0.2, 0) is 0 Å². The average Bonchev–Trinajstić information content (AvgIpc) is 2.98. The van der Waals surface area contributed by atoms with Crippen molar-refractivity contribution in [3.8, 4) is 0 Å². The topological polar surface area (TPSA) is 52.6 Å². The van der Waals surface area contributed by atoms with Gasteiger partial charge in [0.1, 0.15) is 0 Å². The molecule has 2 N–H and O–H groups in total. The highest BCUT2D eigenvalue weighted by molar-refractivity contribution is 14.0. The Morgan fingerprint density at radius 3 is 2.96 bits per heavy atom. The number of pyridine rings is 1. The lowest BCUT2D eigenvalue weighted by molar-refractivity contribution is 0.546. The van der Waals surface area contributed by atoms with Crippen molar-refractivity contribution >= 4 is 35.8 Å². The van der Waals surface area contributed by atoms with Crippen LogP contribution in [0.15, 0.2) is 23.3 Å². The minimum absolute atomic E-state index is 0. The van der Waals surface area contributed by atoms with Gasteiger partial charge in [0.2, 0.25) is 0 Å². The molecule has 136 valence electrons. The van der Waals surface area contributed by atoms with Crippen molar-refractivity contribution in [1.29, 1.82) is 0 Å². The lowest BCUT2D eigenvalue weighted by Crippen LogP contribution is -2.45. The highest BCUT2D eigenvalue weighted by Gasteiger charge is 2.25. The molecule has 1 aromatic heterocycles. The zero-order valence-corrected chi connectivity index (χ0v) is 17.1. The van der Waals surface area contributed by atoms with E-state index in [0.717, 1.165) is 44.4 Å². The molecule has 7 heteroatoms. The Morgan fingerprint density at radius 2 is 2.29 bits per heavy atom. The van der Waals surface area contributed by atoms with Gasteiger partial charge in [-0.15, -0.1) is 24.0 Å². The van der Waals surface area contributed by atoms with E-state index in [1.807, 2.05) is 4.90 Å². The van der Waals surface area contributed by atoms with Crippen molar-refractivity contribution in [2.75, 3.05) is 31.6 Å². The molecule has 0 aromatic carbocycles. The largest absolute Gasteiger partial charge is 0.356 e. The maximum atomic E-state index is 13.8. The molecule has 0 bridgehead atoms. The maximum Gasteiger partial charge on any atom is 0.191 e. The van der Waals surface area contributed by atoms with Gasteiger partial charge in [-0.1, -0.05) is 13.8 Å². The van der Waals surface area contributed by atoms with Gasteiger partial charge in [0.25, 0.3) is 0 Å². The van der Waals surface area contributed by atoms with Gasteiger partial charge in [0.15, 0.2) is 17.6 Å². The minimum atomic E-state index is -0.260. The van der Waals surface area contributed by atoms with Crippen LogP contribution in [0.2, 0.25) is 0 Å². The Balaban J connectivity index is 0.00000288. The minimum Gasteiger partial charge on any atom is -0.356 e. The lowest BCUT2D eigenvalue weighted by Gasteiger charge is -2.20. The van der Waals surface area contributed by atoms with Crippen LogP contribution in [0.1, 0.15) is 33.1 Å². The van der Waals surface area contributed by atoms with E-state index < -0.39 is 0 Å². The summed E-state index contributed by atoms with van der Waals surface area (Å²) < 4.78 is 13.8. The fourth-order valence-electron chi connectivity index (χ4n) is 2.79. The summed E-state index contributed by atoms with van der Waals surface area (Å²) in [4.78, 5) is 10.4. The number of hydrogen-bond acceptors (Lipinski definition) is 3. The van der Waals surface area contributed by atoms with Crippen LogP contribution < -0.4 is 15.5 Å². The third-order valence-electron chi connectivity index (χ3n) is 4.04. The highest BCUT2D eigenvalue weighted by Crippen LogP contribution is 2.20. The molecule has 2 heterocycles. The smallest absolute Gasteiger partial charge is 0.191 e. The molecule has 1 aliphatic rings. The van der Waals surface area contributed by atoms with Crippen LogP contribution in [0.25, 0.3) is 0 Å². The summed E-state index contributed by atoms with van der Waals surface area (Å²) in [6.45, 7) is 6.92. The normalized spacial score (nSPS) is 17.8. The van der Waals surface area contributed by atoms with E-state index in [-0.39, 0.29) is 35.8 Å². The zero-order valence-electron chi connectivity index (χ0n) is 14.8. The number of aliphatic imine (C=N–C) groups is 1. The Kier molecular flexibility index (Phi) is 9.31. The third-order valence-corrected chi connectivity index (χ3v) is 4.04. The molecule has 0 spiro atoms. The quantitative estimate of drug-likeness (QED) is 0.304. The summed E-state index contributed by atoms with van der Waals surface area (Å²) >= 11 is 0. The number of halogens is 2. The van der Waals surface area contributed by atoms with E-state index in [1.54, 1.807) is 19.3 Å². The van der Waals surface area contributed by atoms with Crippen molar-refractivity contribution in [3.05, 3.63) is 24.1 Å². The van der Waals surface area contributed by atoms with Crippen LogP contribution in [0.5, 0.6) is 0 Å². The highest BCUT2D eigenvalue weighted by atomic mass is 127. The fraction of sp³-hybridized carbons (Fsp3) is 0.647. The summed E-state index contributed by atoms with van der Waals surface area (Å²) in [5.74, 6) is 1.73. The molecule has 0 amide bonds. The second kappa shape index (κ2) is 10.7. The molecule has 5 nitrogen and oxygen atoms in total. The second-order valence-electron chi connectivity index (χ2n) is 6.42. The first-order chi connectivity index (χ1) is 11.1. The first-order valence-electron chi connectivity index (χ1n) is 8.42. The van der Waals surface area contributed by atoms with Gasteiger partial charge in [-0.25, -0.2) is 9.37 Å². The van der Waals surface area contributed by atoms with Crippen LogP contribution in [0.4, 0.5) is 10.2 Å². The molecule has 2 rings (SSSR count). The van der Waals surface area contributed by atoms with Gasteiger partial charge in [-0.3, -0.25) is 4.99 Å². The van der Waals surface area contributed by atoms with Crippen molar-refractivity contribution < 1.29 is 4.39 Å². The van der Waals surface area contributed by atoms with E-state index in [1.165, 1.54) is 12.5 Å². The molecule has 0 aliphatic carbocycles. The van der Waals surface area contributed by atoms with Gasteiger partial charge in [-0.05, 0) is 37.3 Å². The molecule has 1 unspecified atom stereocenters. The van der Waals surface area contributed by atoms with Gasteiger partial charge in [-0.2, -0.15) is 0 Å². The second-order valence-corrected chi connectivity index (χ2v) is 6.42. The molecule has 1 fully saturated rings. The van der Waals surface area contributed by atoms with E-state index in [4.69, 9.17) is 0 Å². The molecule has 1 aromatic rings. The van der Waals surface area contributed by atoms with Crippen molar-refractivity contribution in [2.24, 2.45) is 10.9 Å². The maximum absolute atomic E-state index is 13.8. The van der Waals surface area contributed by atoms with E-state index >= 15 is 0 Å². The Morgan fingerprint density at radius 1 is 1.50 bits per heavy atom. The summed E-state index contributed by atoms with van der Waals surface area (Å²) in [5.41, 5.74) is 0. The van der Waals surface area contributed by atoms with Crippen LogP contribution in [0, 0.1) is 11.7 Å². The molecule has 1 aliphatic heterocycles. The molecule has 1 atom stereocenters. The standard InChI is InChI=1S/C17H28FN5.HI/c1-13(2)6-4-10-21-17(19-3)22-14-8-11-23(12-14)16-15(18)7-5-9-20-16;/h5,7,9,13-14H,4,6,8,10-12H2,1-3H3,(H2,19,21,22);1H. The molecule has 1 saturated heterocycles. The molecule has 0 radical (unpaired) electrons. The summed E-state index contributed by atoms with van der Waals surface area (Å²) in [6.07, 6.45) is 4.92. The predicted molar refractivity (Wildman–Crippen MR) is 109 cm³/mol. The summed E-state index contributed by atoms with van der Waals surface area (Å²) in [6, 6.07) is 3.33. The monoisotopic (exact) mass is 449 g/mol. The number of guanidine groups is 1. The van der Waals surface area contributed by atoms with Crippen molar-refractivity contribution in [3.63, 3.8) is 0 Å². The average molecular weight is 449 g/mol. The Hall–Kier alpha value is -1.12. The number of nitrogens with zero attached hydrogens (tertiary/aromatic N) is 3. The summed E-state index contributed by atoms with van der Waals surface area (Å²) in [7, 11) is 1.78. The molecule has 0 saturated carbocycles. The van der Waals surface area contributed by atoms with Gasteiger partial charge >= 0.3 is 0 Å². The molecule has 24 heavy (non-hydrogen) atoms. The van der Waals surface area contributed by atoms with Gasteiger partial charge in [0.05, 0.1) is 0 Å². The number of aromatic nitrogens is 1. The van der Waals surface area contributed by atoms with Crippen molar-refractivity contribution in [1.82, 2.24) is 15.6 Å². The Labute approximate surface area is 161 Å². The third kappa shape index (κ3) is 6.41. The van der Waals surface area contributed by atoms with E-state index in [0.29, 0.717) is 5.82 Å². The number of rotatable bonds is 6. The SMILES string of the molecule is CN=C(NCCCC(C)C)NC1CCN(c2ncccc2F)C1.I. The van der Waals surface area contributed by atoms with Gasteiger partial charge in [0, 0.05) is 38.9 Å². The predicted octanol–water partition coefficient (Wildman–Crippen LogP) is 3.02. The zero-order chi connectivity index (χ0) is 16.7.